The van der Waals surface area contributed by atoms with Gasteiger partial charge in [0.2, 0.25) is 5.88 Å². The fraction of sp³-hybridized carbons (Fsp3) is 0.286. The van der Waals surface area contributed by atoms with Crippen LogP contribution < -0.4 is 4.74 Å². The van der Waals surface area contributed by atoms with Gasteiger partial charge in [0.25, 0.3) is 0 Å². The van der Waals surface area contributed by atoms with Crippen molar-refractivity contribution in [1.82, 2.24) is 4.98 Å². The van der Waals surface area contributed by atoms with Crippen molar-refractivity contribution in [2.45, 2.75) is 13.0 Å². The second-order valence-electron chi connectivity index (χ2n) is 2.32. The van der Waals surface area contributed by atoms with E-state index in [1.165, 1.54) is 0 Å². The van der Waals surface area contributed by atoms with Crippen LogP contribution >= 0.6 is 0 Å². The van der Waals surface area contributed by atoms with Crippen LogP contribution in [0.15, 0.2) is 12.3 Å². The molecule has 1 N–H and O–H groups in total. The first-order chi connectivity index (χ1) is 6.42. The first-order valence-corrected chi connectivity index (χ1v) is 3.43. The van der Waals surface area contributed by atoms with Gasteiger partial charge in [-0.05, 0) is 0 Å². The molecule has 78 valence electrons. The normalized spacial score (nSPS) is 11.5. The molecule has 0 aromatic carbocycles. The van der Waals surface area contributed by atoms with Gasteiger partial charge in [-0.25, -0.2) is 9.37 Å². The van der Waals surface area contributed by atoms with Gasteiger partial charge in [-0.3, -0.25) is 0 Å². The highest BCUT2D eigenvalue weighted by atomic mass is 19.4. The molecule has 0 unspecified atom stereocenters. The number of nitrogens with zero attached hydrogens (tertiary/aromatic N) is 1. The summed E-state index contributed by atoms with van der Waals surface area (Å²) in [6.45, 7) is -0.720. The van der Waals surface area contributed by atoms with Gasteiger partial charge in [0.15, 0.2) is 0 Å². The van der Waals surface area contributed by atoms with Crippen LogP contribution in [0.2, 0.25) is 0 Å². The lowest BCUT2D eigenvalue weighted by atomic mass is 10.3. The van der Waals surface area contributed by atoms with Crippen molar-refractivity contribution in [3.8, 4) is 5.88 Å². The molecule has 14 heavy (non-hydrogen) atoms. The summed E-state index contributed by atoms with van der Waals surface area (Å²) in [5, 5.41) is 8.54. The molecule has 0 aliphatic carbocycles. The summed E-state index contributed by atoms with van der Waals surface area (Å²) in [6, 6.07) is 0.683. The van der Waals surface area contributed by atoms with Crippen molar-refractivity contribution < 1.29 is 27.4 Å². The molecular weight excluding hydrogens is 206 g/mol. The molecule has 0 radical (unpaired) electrons. The van der Waals surface area contributed by atoms with Gasteiger partial charge in [-0.15, -0.1) is 13.2 Å². The summed E-state index contributed by atoms with van der Waals surface area (Å²) >= 11 is 0. The predicted octanol–water partition coefficient (Wildman–Crippen LogP) is 1.61. The van der Waals surface area contributed by atoms with Crippen molar-refractivity contribution in [1.29, 1.82) is 0 Å². The molecule has 7 heteroatoms. The average molecular weight is 211 g/mol. The molecule has 3 nitrogen and oxygen atoms in total. The molecule has 0 atom stereocenters. The molecular formula is C7H5F4NO2. The van der Waals surface area contributed by atoms with Crippen LogP contribution in [-0.2, 0) is 6.61 Å². The quantitative estimate of drug-likeness (QED) is 0.755. The van der Waals surface area contributed by atoms with E-state index in [-0.39, 0.29) is 5.56 Å². The van der Waals surface area contributed by atoms with Crippen LogP contribution in [-0.4, -0.2) is 16.5 Å². The lowest BCUT2D eigenvalue weighted by Gasteiger charge is -2.08. The zero-order chi connectivity index (χ0) is 10.8. The Morgan fingerprint density at radius 2 is 2.07 bits per heavy atom. The summed E-state index contributed by atoms with van der Waals surface area (Å²) in [6.07, 6.45) is -4.33. The smallest absolute Gasteiger partial charge is 0.392 e. The molecule has 1 aromatic rings. The van der Waals surface area contributed by atoms with Crippen molar-refractivity contribution in [2.24, 2.45) is 0 Å². The Morgan fingerprint density at radius 3 is 2.57 bits per heavy atom. The van der Waals surface area contributed by atoms with E-state index >= 15 is 0 Å². The summed E-state index contributed by atoms with van der Waals surface area (Å²) in [4.78, 5) is 3.04. The van der Waals surface area contributed by atoms with Gasteiger partial charge in [-0.2, -0.15) is 0 Å². The third-order valence-corrected chi connectivity index (χ3v) is 1.30. The molecule has 1 rings (SSSR count). The zero-order valence-electron chi connectivity index (χ0n) is 6.68. The van der Waals surface area contributed by atoms with Crippen LogP contribution in [0.4, 0.5) is 17.6 Å². The molecule has 0 saturated heterocycles. The Labute approximate surface area is 76.0 Å². The molecule has 1 aromatic heterocycles. The SMILES string of the molecule is OCc1cc(OC(F)(F)F)ncc1F. The number of ether oxygens (including phenoxy) is 1. The fourth-order valence-corrected chi connectivity index (χ4v) is 0.754. The third kappa shape index (κ3) is 2.84. The van der Waals surface area contributed by atoms with Gasteiger partial charge >= 0.3 is 6.36 Å². The average Bonchev–Trinajstić information content (AvgIpc) is 2.06. The van der Waals surface area contributed by atoms with Crippen molar-refractivity contribution in [2.75, 3.05) is 0 Å². The number of rotatable bonds is 2. The molecule has 0 aliphatic heterocycles. The second-order valence-corrected chi connectivity index (χ2v) is 2.32. The molecule has 0 bridgehead atoms. The van der Waals surface area contributed by atoms with Gasteiger partial charge in [0, 0.05) is 11.6 Å². The fourth-order valence-electron chi connectivity index (χ4n) is 0.754. The minimum absolute atomic E-state index is 0.306. The maximum absolute atomic E-state index is 12.6. The lowest BCUT2D eigenvalue weighted by molar-refractivity contribution is -0.276. The van der Waals surface area contributed by atoms with E-state index in [0.717, 1.165) is 0 Å². The highest BCUT2D eigenvalue weighted by Crippen LogP contribution is 2.22. The first-order valence-electron chi connectivity index (χ1n) is 3.43. The maximum atomic E-state index is 12.6. The number of aliphatic hydroxyl groups is 1. The molecule has 0 spiro atoms. The summed E-state index contributed by atoms with van der Waals surface area (Å²) in [7, 11) is 0. The number of aromatic nitrogens is 1. The van der Waals surface area contributed by atoms with E-state index in [1.807, 2.05) is 0 Å². The van der Waals surface area contributed by atoms with E-state index in [4.69, 9.17) is 5.11 Å². The number of pyridine rings is 1. The minimum Gasteiger partial charge on any atom is -0.392 e. The minimum atomic E-state index is -4.88. The van der Waals surface area contributed by atoms with Gasteiger partial charge in [0.1, 0.15) is 5.82 Å². The van der Waals surface area contributed by atoms with Crippen molar-refractivity contribution in [3.63, 3.8) is 0 Å². The molecule has 0 amide bonds. The largest absolute Gasteiger partial charge is 0.574 e. The summed E-state index contributed by atoms with van der Waals surface area (Å²) in [5.41, 5.74) is -0.306. The number of hydrogen-bond donors (Lipinski definition) is 1. The van der Waals surface area contributed by atoms with E-state index in [2.05, 4.69) is 9.72 Å². The van der Waals surface area contributed by atoms with Gasteiger partial charge < -0.3 is 9.84 Å². The second kappa shape index (κ2) is 3.79. The number of aliphatic hydroxyl groups excluding tert-OH is 1. The molecule has 0 fully saturated rings. The van der Waals surface area contributed by atoms with Crippen LogP contribution in [0.5, 0.6) is 5.88 Å². The lowest BCUT2D eigenvalue weighted by Crippen LogP contribution is -2.18. The van der Waals surface area contributed by atoms with Crippen LogP contribution in [0.3, 0.4) is 0 Å². The Bertz CT molecular complexity index is 326. The summed E-state index contributed by atoms with van der Waals surface area (Å²) in [5.74, 6) is -1.69. The Hall–Kier alpha value is -1.37. The third-order valence-electron chi connectivity index (χ3n) is 1.30. The van der Waals surface area contributed by atoms with Crippen molar-refractivity contribution in [3.05, 3.63) is 23.6 Å². The maximum Gasteiger partial charge on any atom is 0.574 e. The van der Waals surface area contributed by atoms with E-state index in [9.17, 15) is 17.6 Å². The highest BCUT2D eigenvalue weighted by molar-refractivity contribution is 5.21. The molecule has 1 heterocycles. The van der Waals surface area contributed by atoms with Gasteiger partial charge in [-0.1, -0.05) is 0 Å². The number of hydrogen-bond acceptors (Lipinski definition) is 3. The first kappa shape index (κ1) is 10.7. The standard InChI is InChI=1S/C7H5F4NO2/c8-5-2-12-6(1-4(5)3-13)14-7(9,10)11/h1-2,13H,3H2. The Morgan fingerprint density at radius 1 is 1.43 bits per heavy atom. The number of halogens is 4. The zero-order valence-corrected chi connectivity index (χ0v) is 6.68. The van der Waals surface area contributed by atoms with E-state index < -0.39 is 24.7 Å². The Balaban J connectivity index is 2.90. The summed E-state index contributed by atoms with van der Waals surface area (Å²) < 4.78 is 51.0. The highest BCUT2D eigenvalue weighted by Gasteiger charge is 2.31. The van der Waals surface area contributed by atoms with Crippen LogP contribution in [0.25, 0.3) is 0 Å². The van der Waals surface area contributed by atoms with Crippen LogP contribution in [0, 0.1) is 5.82 Å². The van der Waals surface area contributed by atoms with Crippen molar-refractivity contribution >= 4 is 0 Å². The predicted molar refractivity (Wildman–Crippen MR) is 36.8 cm³/mol. The Kier molecular flexibility index (Phi) is 2.90. The monoisotopic (exact) mass is 211 g/mol. The number of alkyl halides is 3. The van der Waals surface area contributed by atoms with Crippen LogP contribution in [0.1, 0.15) is 5.56 Å². The van der Waals surface area contributed by atoms with Gasteiger partial charge in [0.05, 0.1) is 12.8 Å². The molecule has 0 aliphatic rings. The van der Waals surface area contributed by atoms with E-state index in [0.29, 0.717) is 12.3 Å². The topological polar surface area (TPSA) is 42.4 Å². The molecule has 0 saturated carbocycles. The van der Waals surface area contributed by atoms with E-state index in [1.54, 1.807) is 0 Å².